The second-order valence-electron chi connectivity index (χ2n) is 5.01. The van der Waals surface area contributed by atoms with Crippen LogP contribution in [-0.2, 0) is 0 Å². The van der Waals surface area contributed by atoms with Crippen molar-refractivity contribution in [3.63, 3.8) is 0 Å². The third kappa shape index (κ3) is 3.18. The van der Waals surface area contributed by atoms with Gasteiger partial charge in [0.05, 0.1) is 0 Å². The van der Waals surface area contributed by atoms with E-state index in [9.17, 15) is 0 Å². The molecule has 0 saturated carbocycles. The molecule has 0 atom stereocenters. The SMILES string of the molecule is C=C(/C=C\c1ccc(C)cc1NC)c1ccccc1C. The van der Waals surface area contributed by atoms with Crippen molar-refractivity contribution in [2.75, 3.05) is 12.4 Å². The van der Waals surface area contributed by atoms with E-state index in [1.54, 1.807) is 0 Å². The van der Waals surface area contributed by atoms with Gasteiger partial charge in [0.2, 0.25) is 0 Å². The Hall–Kier alpha value is -2.28. The lowest BCUT2D eigenvalue weighted by Gasteiger charge is -2.08. The third-order valence-electron chi connectivity index (χ3n) is 3.43. The van der Waals surface area contributed by atoms with Gasteiger partial charge in [-0.05, 0) is 47.7 Å². The third-order valence-corrected chi connectivity index (χ3v) is 3.43. The van der Waals surface area contributed by atoms with E-state index in [4.69, 9.17) is 0 Å². The highest BCUT2D eigenvalue weighted by atomic mass is 14.8. The molecule has 2 rings (SSSR count). The van der Waals surface area contributed by atoms with Gasteiger partial charge in [0, 0.05) is 12.7 Å². The summed E-state index contributed by atoms with van der Waals surface area (Å²) >= 11 is 0. The van der Waals surface area contributed by atoms with Crippen LogP contribution in [-0.4, -0.2) is 7.05 Å². The molecule has 2 aromatic carbocycles. The maximum atomic E-state index is 4.17. The van der Waals surface area contributed by atoms with Gasteiger partial charge in [0.1, 0.15) is 0 Å². The van der Waals surface area contributed by atoms with Gasteiger partial charge in [-0.25, -0.2) is 0 Å². The molecule has 2 aromatic rings. The zero-order valence-electron chi connectivity index (χ0n) is 12.4. The Balaban J connectivity index is 2.26. The molecule has 0 aliphatic rings. The Bertz CT molecular complexity index is 651. The summed E-state index contributed by atoms with van der Waals surface area (Å²) in [5.74, 6) is 0. The van der Waals surface area contributed by atoms with E-state index in [1.807, 2.05) is 13.1 Å². The van der Waals surface area contributed by atoms with Gasteiger partial charge in [-0.3, -0.25) is 0 Å². The second kappa shape index (κ2) is 6.25. The molecule has 0 aromatic heterocycles. The summed E-state index contributed by atoms with van der Waals surface area (Å²) in [5.41, 5.74) is 7.04. The molecule has 1 heteroatoms. The maximum Gasteiger partial charge on any atom is 0.0413 e. The smallest absolute Gasteiger partial charge is 0.0413 e. The van der Waals surface area contributed by atoms with Crippen LogP contribution in [0.5, 0.6) is 0 Å². The fourth-order valence-electron chi connectivity index (χ4n) is 2.25. The second-order valence-corrected chi connectivity index (χ2v) is 5.01. The predicted octanol–water partition coefficient (Wildman–Crippen LogP) is 5.07. The molecule has 102 valence electrons. The summed E-state index contributed by atoms with van der Waals surface area (Å²) in [4.78, 5) is 0. The molecular weight excluding hydrogens is 242 g/mol. The number of hydrogen-bond acceptors (Lipinski definition) is 1. The van der Waals surface area contributed by atoms with Crippen LogP contribution in [0.15, 0.2) is 55.1 Å². The first-order valence-electron chi connectivity index (χ1n) is 6.83. The lowest BCUT2D eigenvalue weighted by atomic mass is 10.0. The Labute approximate surface area is 121 Å². The molecule has 0 radical (unpaired) electrons. The van der Waals surface area contributed by atoms with Crippen molar-refractivity contribution in [3.8, 4) is 0 Å². The standard InChI is InChI=1S/C19H21N/c1-14-9-11-17(19(13-14)20-4)12-10-16(3)18-8-6-5-7-15(18)2/h5-13,20H,3H2,1-2,4H3/b12-10-. The molecule has 0 saturated heterocycles. The molecule has 20 heavy (non-hydrogen) atoms. The number of anilines is 1. The molecule has 1 N–H and O–H groups in total. The molecule has 0 heterocycles. The van der Waals surface area contributed by atoms with Gasteiger partial charge in [0.25, 0.3) is 0 Å². The van der Waals surface area contributed by atoms with Crippen LogP contribution in [0, 0.1) is 13.8 Å². The van der Waals surface area contributed by atoms with Crippen molar-refractivity contribution in [1.29, 1.82) is 0 Å². The number of allylic oxidation sites excluding steroid dienone is 2. The zero-order valence-corrected chi connectivity index (χ0v) is 12.4. The summed E-state index contributed by atoms with van der Waals surface area (Å²) < 4.78 is 0. The Morgan fingerprint density at radius 2 is 1.85 bits per heavy atom. The first kappa shape index (κ1) is 14.1. The lowest BCUT2D eigenvalue weighted by molar-refractivity contribution is 1.41. The van der Waals surface area contributed by atoms with Crippen LogP contribution < -0.4 is 5.32 Å². The monoisotopic (exact) mass is 263 g/mol. The summed E-state index contributed by atoms with van der Waals surface area (Å²) in [7, 11) is 1.95. The average molecular weight is 263 g/mol. The fourth-order valence-corrected chi connectivity index (χ4v) is 2.25. The number of benzene rings is 2. The van der Waals surface area contributed by atoms with E-state index < -0.39 is 0 Å². The Morgan fingerprint density at radius 3 is 2.55 bits per heavy atom. The molecule has 0 unspecified atom stereocenters. The van der Waals surface area contributed by atoms with Crippen molar-refractivity contribution in [2.24, 2.45) is 0 Å². The van der Waals surface area contributed by atoms with Crippen LogP contribution in [0.1, 0.15) is 22.3 Å². The minimum absolute atomic E-state index is 1.03. The zero-order chi connectivity index (χ0) is 14.5. The molecule has 0 amide bonds. The normalized spacial score (nSPS) is 10.8. The van der Waals surface area contributed by atoms with E-state index >= 15 is 0 Å². The van der Waals surface area contributed by atoms with Crippen LogP contribution in [0.4, 0.5) is 5.69 Å². The predicted molar refractivity (Wildman–Crippen MR) is 90.0 cm³/mol. The quantitative estimate of drug-likeness (QED) is 0.759. The van der Waals surface area contributed by atoms with Crippen LogP contribution in [0.25, 0.3) is 11.6 Å². The average Bonchev–Trinajstić information content (AvgIpc) is 2.46. The molecule has 1 nitrogen and oxygen atoms in total. The fraction of sp³-hybridized carbons (Fsp3) is 0.158. The maximum absolute atomic E-state index is 4.17. The first-order valence-corrected chi connectivity index (χ1v) is 6.83. The summed E-state index contributed by atoms with van der Waals surface area (Å²) in [6.45, 7) is 8.37. The van der Waals surface area contributed by atoms with Crippen LogP contribution >= 0.6 is 0 Å². The molecule has 0 spiro atoms. The Kier molecular flexibility index (Phi) is 4.41. The van der Waals surface area contributed by atoms with Gasteiger partial charge in [-0.2, -0.15) is 0 Å². The molecule has 0 aliphatic heterocycles. The van der Waals surface area contributed by atoms with E-state index in [1.165, 1.54) is 22.3 Å². The van der Waals surface area contributed by atoms with Gasteiger partial charge < -0.3 is 5.32 Å². The van der Waals surface area contributed by atoms with Gasteiger partial charge in [0.15, 0.2) is 0 Å². The van der Waals surface area contributed by atoms with E-state index in [0.29, 0.717) is 0 Å². The highest BCUT2D eigenvalue weighted by Crippen LogP contribution is 2.22. The molecule has 0 bridgehead atoms. The van der Waals surface area contributed by atoms with Crippen molar-refractivity contribution >= 4 is 17.3 Å². The Morgan fingerprint density at radius 1 is 1.10 bits per heavy atom. The van der Waals surface area contributed by atoms with Crippen molar-refractivity contribution in [3.05, 3.63) is 77.4 Å². The number of hydrogen-bond donors (Lipinski definition) is 1. The van der Waals surface area contributed by atoms with Gasteiger partial charge in [-0.1, -0.05) is 55.1 Å². The van der Waals surface area contributed by atoms with Crippen LogP contribution in [0.2, 0.25) is 0 Å². The molecule has 0 fully saturated rings. The van der Waals surface area contributed by atoms with Crippen molar-refractivity contribution in [1.82, 2.24) is 0 Å². The summed E-state index contributed by atoms with van der Waals surface area (Å²) in [5, 5.41) is 3.23. The molecule has 0 aliphatic carbocycles. The van der Waals surface area contributed by atoms with Crippen molar-refractivity contribution < 1.29 is 0 Å². The number of rotatable bonds is 4. The summed E-state index contributed by atoms with van der Waals surface area (Å²) in [6.07, 6.45) is 4.19. The number of aryl methyl sites for hydroxylation is 2. The van der Waals surface area contributed by atoms with Crippen molar-refractivity contribution in [2.45, 2.75) is 13.8 Å². The van der Waals surface area contributed by atoms with Gasteiger partial charge in [-0.15, -0.1) is 0 Å². The van der Waals surface area contributed by atoms with E-state index in [-0.39, 0.29) is 0 Å². The highest BCUT2D eigenvalue weighted by molar-refractivity contribution is 5.81. The largest absolute Gasteiger partial charge is 0.388 e. The minimum Gasteiger partial charge on any atom is -0.388 e. The van der Waals surface area contributed by atoms with Crippen LogP contribution in [0.3, 0.4) is 0 Å². The first-order chi connectivity index (χ1) is 9.61. The topological polar surface area (TPSA) is 12.0 Å². The van der Waals surface area contributed by atoms with Gasteiger partial charge >= 0.3 is 0 Å². The van der Waals surface area contributed by atoms with E-state index in [2.05, 4.69) is 74.3 Å². The highest BCUT2D eigenvalue weighted by Gasteiger charge is 2.00. The number of nitrogens with one attached hydrogen (secondary N) is 1. The molecular formula is C19H21N. The summed E-state index contributed by atoms with van der Waals surface area (Å²) in [6, 6.07) is 14.7. The van der Waals surface area contributed by atoms with E-state index in [0.717, 1.165) is 11.3 Å². The lowest BCUT2D eigenvalue weighted by Crippen LogP contribution is -1.92. The minimum atomic E-state index is 1.03.